The van der Waals surface area contributed by atoms with Crippen LogP contribution in [0.2, 0.25) is 0 Å². The van der Waals surface area contributed by atoms with Crippen molar-refractivity contribution in [1.29, 1.82) is 0 Å². The van der Waals surface area contributed by atoms with Crippen LogP contribution in [-0.4, -0.2) is 44.6 Å². The first-order chi connectivity index (χ1) is 14.2. The van der Waals surface area contributed by atoms with Gasteiger partial charge in [0.15, 0.2) is 17.3 Å². The van der Waals surface area contributed by atoms with Gasteiger partial charge in [-0.15, -0.1) is 0 Å². The number of ether oxygens (including phenoxy) is 3. The van der Waals surface area contributed by atoms with E-state index in [9.17, 15) is 4.79 Å². The Hall–Kier alpha value is -2.79. The van der Waals surface area contributed by atoms with Crippen molar-refractivity contribution in [3.05, 3.63) is 41.5 Å². The first kappa shape index (κ1) is 18.3. The number of nitrogens with zero attached hydrogens (tertiary/aromatic N) is 1. The fraction of sp³-hybridized carbons (Fsp3) is 0.375. The number of ketones is 1. The number of rotatable bonds is 3. The fourth-order valence-electron chi connectivity index (χ4n) is 5.03. The maximum absolute atomic E-state index is 13.6. The maximum Gasteiger partial charge on any atom is 0.180 e. The molecule has 1 atom stereocenters. The molecule has 0 radical (unpaired) electrons. The van der Waals surface area contributed by atoms with Crippen molar-refractivity contribution in [2.45, 2.75) is 31.8 Å². The summed E-state index contributed by atoms with van der Waals surface area (Å²) in [4.78, 5) is 16.0. The number of piperidine rings is 1. The zero-order chi connectivity index (χ0) is 20.1. The van der Waals surface area contributed by atoms with E-state index in [1.165, 1.54) is 0 Å². The molecule has 3 aromatic rings. The lowest BCUT2D eigenvalue weighted by molar-refractivity contribution is 0.0690. The molecule has 29 heavy (non-hydrogen) atoms. The monoisotopic (exact) mass is 391 g/mol. The highest BCUT2D eigenvalue weighted by Gasteiger charge is 2.37. The predicted octanol–water partition coefficient (Wildman–Crippen LogP) is 4.57. The van der Waals surface area contributed by atoms with Crippen LogP contribution < -0.4 is 14.2 Å². The maximum atomic E-state index is 13.6. The van der Waals surface area contributed by atoms with Gasteiger partial charge in [-0.25, -0.2) is 0 Å². The van der Waals surface area contributed by atoms with Gasteiger partial charge in [-0.3, -0.25) is 9.69 Å². The molecule has 3 aromatic carbocycles. The Balaban J connectivity index is 1.90. The summed E-state index contributed by atoms with van der Waals surface area (Å²) < 4.78 is 16.6. The number of methoxy groups -OCH3 is 3. The van der Waals surface area contributed by atoms with Gasteiger partial charge in [0.2, 0.25) is 0 Å². The second-order valence-electron chi connectivity index (χ2n) is 7.86. The topological polar surface area (TPSA) is 48.0 Å². The van der Waals surface area contributed by atoms with E-state index >= 15 is 0 Å². The summed E-state index contributed by atoms with van der Waals surface area (Å²) in [6.07, 6.45) is 3.21. The van der Waals surface area contributed by atoms with Gasteiger partial charge in [0, 0.05) is 12.1 Å². The molecule has 0 saturated carbocycles. The molecule has 0 N–H and O–H groups in total. The molecule has 5 nitrogen and oxygen atoms in total. The van der Waals surface area contributed by atoms with Crippen molar-refractivity contribution in [1.82, 2.24) is 4.90 Å². The SMILES string of the molecule is COc1ccc2c3c(c4cc(OC)c(OC)cc4c2c1)C(=O)C1CCCCN1C3. The molecule has 5 heteroatoms. The number of benzene rings is 3. The summed E-state index contributed by atoms with van der Waals surface area (Å²) in [5.74, 6) is 2.34. The largest absolute Gasteiger partial charge is 0.497 e. The third kappa shape index (κ3) is 2.68. The Morgan fingerprint density at radius 2 is 1.59 bits per heavy atom. The lowest BCUT2D eigenvalue weighted by Crippen LogP contribution is -2.47. The summed E-state index contributed by atoms with van der Waals surface area (Å²) >= 11 is 0. The van der Waals surface area contributed by atoms with Gasteiger partial charge in [-0.1, -0.05) is 12.5 Å². The van der Waals surface area contributed by atoms with Crippen molar-refractivity contribution < 1.29 is 19.0 Å². The molecule has 2 heterocycles. The summed E-state index contributed by atoms with van der Waals surface area (Å²) in [7, 11) is 4.94. The van der Waals surface area contributed by atoms with Crippen molar-refractivity contribution in [2.24, 2.45) is 0 Å². The Morgan fingerprint density at radius 3 is 2.31 bits per heavy atom. The number of hydrogen-bond acceptors (Lipinski definition) is 5. The molecule has 1 unspecified atom stereocenters. The smallest absolute Gasteiger partial charge is 0.180 e. The molecule has 0 aromatic heterocycles. The third-order valence-electron chi connectivity index (χ3n) is 6.46. The number of hydrogen-bond donors (Lipinski definition) is 0. The molecule has 0 spiro atoms. The highest BCUT2D eigenvalue weighted by atomic mass is 16.5. The van der Waals surface area contributed by atoms with Crippen LogP contribution in [0.1, 0.15) is 35.2 Å². The number of Topliss-reactive ketones (excluding diaryl/α,β-unsaturated/α-hetero) is 1. The number of fused-ring (bicyclic) bond motifs is 7. The second-order valence-corrected chi connectivity index (χ2v) is 7.86. The molecule has 5 rings (SSSR count). The standard InChI is InChI=1S/C24H25NO4/c1-27-14-7-8-15-16(10-14)17-11-21(28-2)22(29-3)12-18(17)23-19(15)13-25-9-5-4-6-20(25)24(23)26/h7-8,10-12,20H,4-6,9,13H2,1-3H3. The van der Waals surface area contributed by atoms with E-state index in [2.05, 4.69) is 17.0 Å². The minimum Gasteiger partial charge on any atom is -0.497 e. The van der Waals surface area contributed by atoms with Crippen LogP contribution in [-0.2, 0) is 6.54 Å². The minimum absolute atomic E-state index is 0.0109. The van der Waals surface area contributed by atoms with Crippen molar-refractivity contribution in [3.63, 3.8) is 0 Å². The highest BCUT2D eigenvalue weighted by molar-refractivity contribution is 6.22. The normalized spacial score (nSPS) is 19.1. The molecular weight excluding hydrogens is 366 g/mol. The van der Waals surface area contributed by atoms with E-state index in [1.807, 2.05) is 18.2 Å². The molecule has 0 amide bonds. The molecule has 150 valence electrons. The Labute approximate surface area is 170 Å². The summed E-state index contributed by atoms with van der Waals surface area (Å²) in [6.45, 7) is 1.79. The van der Waals surface area contributed by atoms with Gasteiger partial charge in [0.25, 0.3) is 0 Å². The van der Waals surface area contributed by atoms with Crippen molar-refractivity contribution in [3.8, 4) is 17.2 Å². The molecule has 0 aliphatic carbocycles. The minimum atomic E-state index is -0.0109. The fourth-order valence-corrected chi connectivity index (χ4v) is 5.03. The van der Waals surface area contributed by atoms with E-state index in [0.29, 0.717) is 11.5 Å². The van der Waals surface area contributed by atoms with Crippen LogP contribution in [0.15, 0.2) is 30.3 Å². The first-order valence-electron chi connectivity index (χ1n) is 10.1. The first-order valence-corrected chi connectivity index (χ1v) is 10.1. The van der Waals surface area contributed by atoms with Crippen molar-refractivity contribution >= 4 is 27.3 Å². The summed E-state index contributed by atoms with van der Waals surface area (Å²) in [5, 5.41) is 4.11. The van der Waals surface area contributed by atoms with Crippen LogP contribution >= 0.6 is 0 Å². The Kier molecular flexibility index (Phi) is 4.36. The summed E-state index contributed by atoms with van der Waals surface area (Å²) in [6, 6.07) is 10.0. The van der Waals surface area contributed by atoms with Gasteiger partial charge >= 0.3 is 0 Å². The van der Waals surface area contributed by atoms with Gasteiger partial charge in [0.1, 0.15) is 5.75 Å². The summed E-state index contributed by atoms with van der Waals surface area (Å²) in [5.41, 5.74) is 1.97. The average molecular weight is 391 g/mol. The molecule has 1 saturated heterocycles. The van der Waals surface area contributed by atoms with E-state index < -0.39 is 0 Å². The van der Waals surface area contributed by atoms with Gasteiger partial charge in [0.05, 0.1) is 27.4 Å². The van der Waals surface area contributed by atoms with E-state index in [-0.39, 0.29) is 11.8 Å². The van der Waals surface area contributed by atoms with Crippen LogP contribution in [0.5, 0.6) is 17.2 Å². The Bertz CT molecular complexity index is 1140. The molecule has 0 bridgehead atoms. The average Bonchev–Trinajstić information content (AvgIpc) is 2.77. The van der Waals surface area contributed by atoms with E-state index in [0.717, 1.165) is 70.8 Å². The second kappa shape index (κ2) is 6.92. The number of carbonyl (C=O) groups excluding carboxylic acids is 1. The molecule has 2 aliphatic heterocycles. The zero-order valence-corrected chi connectivity index (χ0v) is 17.1. The predicted molar refractivity (Wildman–Crippen MR) is 113 cm³/mol. The van der Waals surface area contributed by atoms with Crippen LogP contribution in [0.25, 0.3) is 21.5 Å². The molecule has 1 fully saturated rings. The van der Waals surface area contributed by atoms with Crippen LogP contribution in [0, 0.1) is 0 Å². The number of carbonyl (C=O) groups is 1. The van der Waals surface area contributed by atoms with Crippen molar-refractivity contribution in [2.75, 3.05) is 27.9 Å². The highest BCUT2D eigenvalue weighted by Crippen LogP contribution is 2.44. The lowest BCUT2D eigenvalue weighted by atomic mass is 9.81. The molecule has 2 aliphatic rings. The van der Waals surface area contributed by atoms with Crippen LogP contribution in [0.3, 0.4) is 0 Å². The zero-order valence-electron chi connectivity index (χ0n) is 17.1. The quantitative estimate of drug-likeness (QED) is 0.612. The van der Waals surface area contributed by atoms with E-state index in [1.54, 1.807) is 21.3 Å². The van der Waals surface area contributed by atoms with Gasteiger partial charge < -0.3 is 14.2 Å². The van der Waals surface area contributed by atoms with Crippen LogP contribution in [0.4, 0.5) is 0 Å². The van der Waals surface area contributed by atoms with Gasteiger partial charge in [-0.2, -0.15) is 0 Å². The Morgan fingerprint density at radius 1 is 0.862 bits per heavy atom. The van der Waals surface area contributed by atoms with E-state index in [4.69, 9.17) is 14.2 Å². The lowest BCUT2D eigenvalue weighted by Gasteiger charge is -2.39. The molecular formula is C24H25NO4. The van der Waals surface area contributed by atoms with Gasteiger partial charge in [-0.05, 0) is 70.8 Å². The third-order valence-corrected chi connectivity index (χ3v) is 6.46.